The van der Waals surface area contributed by atoms with Crippen molar-refractivity contribution in [2.45, 2.75) is 12.5 Å². The fraction of sp³-hybridized carbons (Fsp3) is 0.250. The van der Waals surface area contributed by atoms with Gasteiger partial charge in [-0.15, -0.1) is 0 Å². The topological polar surface area (TPSA) is 65.5 Å². The van der Waals surface area contributed by atoms with Crippen molar-refractivity contribution in [1.29, 1.82) is 0 Å². The van der Waals surface area contributed by atoms with Crippen LogP contribution in [0.2, 0.25) is 0 Å². The van der Waals surface area contributed by atoms with E-state index in [9.17, 15) is 9.59 Å². The molecule has 1 aliphatic heterocycles. The second-order valence-electron chi connectivity index (χ2n) is 3.74. The normalized spacial score (nSPS) is 22.9. The van der Waals surface area contributed by atoms with Gasteiger partial charge >= 0.3 is 5.97 Å². The number of carbonyl (C=O) groups excluding carboxylic acids is 2. The molecular weight excluding hydrogens is 222 g/mol. The molecule has 0 amide bonds. The predicted molar refractivity (Wildman–Crippen MR) is 57.8 cm³/mol. The molecule has 1 atom stereocenters. The van der Waals surface area contributed by atoms with Crippen LogP contribution in [0.15, 0.2) is 36.4 Å². The number of carbonyl (C=O) groups is 2. The monoisotopic (exact) mass is 233 g/mol. The third kappa shape index (κ3) is 1.80. The maximum atomic E-state index is 11.9. The Morgan fingerprint density at radius 3 is 2.88 bits per heavy atom. The Bertz CT molecular complexity index is 494. The fourth-order valence-corrected chi connectivity index (χ4v) is 1.60. The number of aromatic nitrogens is 1. The second-order valence-corrected chi connectivity index (χ2v) is 3.74. The van der Waals surface area contributed by atoms with Gasteiger partial charge in [0, 0.05) is 24.0 Å². The van der Waals surface area contributed by atoms with Crippen LogP contribution in [-0.2, 0) is 24.7 Å². The van der Waals surface area contributed by atoms with E-state index in [-0.39, 0.29) is 11.5 Å². The van der Waals surface area contributed by atoms with Crippen molar-refractivity contribution < 1.29 is 19.1 Å². The zero-order valence-corrected chi connectivity index (χ0v) is 9.47. The minimum Gasteiger partial charge on any atom is -0.467 e. The Morgan fingerprint density at radius 1 is 1.53 bits per heavy atom. The van der Waals surface area contributed by atoms with E-state index in [4.69, 9.17) is 4.74 Å². The summed E-state index contributed by atoms with van der Waals surface area (Å²) < 4.78 is 9.91. The number of ether oxygens (including phenoxy) is 2. The van der Waals surface area contributed by atoms with Crippen molar-refractivity contribution in [2.24, 2.45) is 0 Å². The highest BCUT2D eigenvalue weighted by molar-refractivity contribution is 6.06. The van der Waals surface area contributed by atoms with Crippen molar-refractivity contribution in [3.63, 3.8) is 0 Å². The first kappa shape index (κ1) is 11.3. The van der Waals surface area contributed by atoms with E-state index in [1.54, 1.807) is 25.3 Å². The zero-order chi connectivity index (χ0) is 12.5. The number of esters is 1. The van der Waals surface area contributed by atoms with Crippen LogP contribution in [0.4, 0.5) is 0 Å². The number of pyridine rings is 1. The zero-order valence-electron chi connectivity index (χ0n) is 9.47. The minimum atomic E-state index is -1.20. The van der Waals surface area contributed by atoms with Gasteiger partial charge in [0.05, 0.1) is 7.11 Å². The molecule has 5 nitrogen and oxygen atoms in total. The number of hydrogen-bond donors (Lipinski definition) is 0. The molecule has 88 valence electrons. The van der Waals surface area contributed by atoms with Gasteiger partial charge in [-0.2, -0.15) is 0 Å². The first-order valence-electron chi connectivity index (χ1n) is 5.02. The number of ketones is 1. The van der Waals surface area contributed by atoms with Crippen LogP contribution in [0.1, 0.15) is 12.5 Å². The highest BCUT2D eigenvalue weighted by Gasteiger charge is 2.44. The predicted octanol–water partition coefficient (Wildman–Crippen LogP) is 0.953. The molecule has 1 aromatic heterocycles. The molecule has 1 aromatic rings. The molecule has 5 heteroatoms. The summed E-state index contributed by atoms with van der Waals surface area (Å²) in [6.45, 7) is 1.60. The van der Waals surface area contributed by atoms with E-state index in [0.29, 0.717) is 5.56 Å². The Morgan fingerprint density at radius 2 is 2.29 bits per heavy atom. The maximum Gasteiger partial charge on any atom is 0.373 e. The van der Waals surface area contributed by atoms with Crippen LogP contribution >= 0.6 is 0 Å². The first-order chi connectivity index (χ1) is 8.08. The Hall–Kier alpha value is -2.17. The van der Waals surface area contributed by atoms with Crippen molar-refractivity contribution in [1.82, 2.24) is 4.98 Å². The van der Waals surface area contributed by atoms with Gasteiger partial charge < -0.3 is 9.47 Å². The highest BCUT2D eigenvalue weighted by Crippen LogP contribution is 2.34. The van der Waals surface area contributed by atoms with Gasteiger partial charge in [-0.05, 0) is 13.0 Å². The van der Waals surface area contributed by atoms with Crippen LogP contribution in [0.3, 0.4) is 0 Å². The van der Waals surface area contributed by atoms with Crippen molar-refractivity contribution in [2.75, 3.05) is 7.11 Å². The van der Waals surface area contributed by atoms with E-state index >= 15 is 0 Å². The lowest BCUT2D eigenvalue weighted by molar-refractivity contribution is -0.144. The number of nitrogens with zero attached hydrogens (tertiary/aromatic N) is 1. The van der Waals surface area contributed by atoms with Gasteiger partial charge in [-0.3, -0.25) is 9.78 Å². The molecule has 17 heavy (non-hydrogen) atoms. The highest BCUT2D eigenvalue weighted by atomic mass is 16.6. The Labute approximate surface area is 98.1 Å². The number of methoxy groups -OCH3 is 1. The smallest absolute Gasteiger partial charge is 0.373 e. The summed E-state index contributed by atoms with van der Waals surface area (Å²) in [4.78, 5) is 27.1. The summed E-state index contributed by atoms with van der Waals surface area (Å²) in [5.74, 6) is -1.04. The SMILES string of the molecule is COC(=O)C1=CC(=O)C(C)(c2cccnc2)O1. The van der Waals surface area contributed by atoms with Crippen molar-refractivity contribution in [3.8, 4) is 0 Å². The molecule has 0 aromatic carbocycles. The third-order valence-corrected chi connectivity index (χ3v) is 2.65. The minimum absolute atomic E-state index is 0.0798. The summed E-state index contributed by atoms with van der Waals surface area (Å²) in [7, 11) is 1.23. The van der Waals surface area contributed by atoms with Crippen LogP contribution in [0.5, 0.6) is 0 Å². The van der Waals surface area contributed by atoms with E-state index in [0.717, 1.165) is 6.08 Å². The molecule has 0 N–H and O–H groups in total. The number of rotatable bonds is 2. The molecule has 0 aliphatic carbocycles. The van der Waals surface area contributed by atoms with Crippen LogP contribution in [-0.4, -0.2) is 23.8 Å². The summed E-state index contributed by atoms with van der Waals surface area (Å²) in [5.41, 5.74) is -0.599. The molecule has 2 heterocycles. The Kier molecular flexibility index (Phi) is 2.67. The molecule has 0 fully saturated rings. The number of hydrogen-bond acceptors (Lipinski definition) is 5. The molecule has 0 saturated heterocycles. The van der Waals surface area contributed by atoms with E-state index < -0.39 is 11.6 Å². The lowest BCUT2D eigenvalue weighted by Crippen LogP contribution is -2.30. The fourth-order valence-electron chi connectivity index (χ4n) is 1.60. The van der Waals surface area contributed by atoms with E-state index in [1.165, 1.54) is 13.3 Å². The lowest BCUT2D eigenvalue weighted by atomic mass is 9.94. The second kappa shape index (κ2) is 4.01. The van der Waals surface area contributed by atoms with Gasteiger partial charge in [0.15, 0.2) is 5.60 Å². The van der Waals surface area contributed by atoms with Gasteiger partial charge in [0.2, 0.25) is 11.5 Å². The van der Waals surface area contributed by atoms with Gasteiger partial charge in [0.25, 0.3) is 0 Å². The van der Waals surface area contributed by atoms with Crippen LogP contribution in [0, 0.1) is 0 Å². The summed E-state index contributed by atoms with van der Waals surface area (Å²) in [5, 5.41) is 0. The average molecular weight is 233 g/mol. The van der Waals surface area contributed by atoms with E-state index in [2.05, 4.69) is 9.72 Å². The standard InChI is InChI=1S/C12H11NO4/c1-12(8-4-3-5-13-7-8)10(14)6-9(17-12)11(15)16-2/h3-7H,1-2H3. The quantitative estimate of drug-likeness (QED) is 0.711. The molecule has 1 unspecified atom stereocenters. The third-order valence-electron chi connectivity index (χ3n) is 2.65. The first-order valence-corrected chi connectivity index (χ1v) is 5.02. The molecular formula is C12H11NO4. The molecule has 2 rings (SSSR count). The molecule has 1 aliphatic rings. The van der Waals surface area contributed by atoms with Crippen molar-refractivity contribution >= 4 is 11.8 Å². The molecule has 0 radical (unpaired) electrons. The maximum absolute atomic E-state index is 11.9. The van der Waals surface area contributed by atoms with Gasteiger partial charge in [0.1, 0.15) is 0 Å². The lowest BCUT2D eigenvalue weighted by Gasteiger charge is -2.23. The molecule has 0 bridgehead atoms. The average Bonchev–Trinajstić information content (AvgIpc) is 2.67. The Balaban J connectivity index is 2.33. The van der Waals surface area contributed by atoms with Crippen LogP contribution in [0.25, 0.3) is 0 Å². The summed E-state index contributed by atoms with van der Waals surface area (Å²) in [6, 6.07) is 3.42. The summed E-state index contributed by atoms with van der Waals surface area (Å²) in [6.07, 6.45) is 4.28. The van der Waals surface area contributed by atoms with Crippen LogP contribution < -0.4 is 0 Å². The largest absolute Gasteiger partial charge is 0.467 e. The molecule has 0 spiro atoms. The van der Waals surface area contributed by atoms with Gasteiger partial charge in [-0.1, -0.05) is 6.07 Å². The molecule has 0 saturated carbocycles. The summed E-state index contributed by atoms with van der Waals surface area (Å²) >= 11 is 0. The van der Waals surface area contributed by atoms with E-state index in [1.807, 2.05) is 0 Å². The van der Waals surface area contributed by atoms with Crippen molar-refractivity contribution in [3.05, 3.63) is 41.9 Å². The van der Waals surface area contributed by atoms with Gasteiger partial charge in [-0.25, -0.2) is 4.79 Å².